The normalized spacial score (nSPS) is 12.4. The Hall–Kier alpha value is -1.38. The summed E-state index contributed by atoms with van der Waals surface area (Å²) >= 11 is 5.92. The average molecular weight is 275 g/mol. The zero-order chi connectivity index (χ0) is 13.7. The molecule has 1 aromatic heterocycles. The number of aryl methyl sites for hydroxylation is 1. The van der Waals surface area contributed by atoms with Crippen molar-refractivity contribution in [1.82, 2.24) is 10.3 Å². The van der Waals surface area contributed by atoms with Crippen LogP contribution in [0.1, 0.15) is 29.7 Å². The number of hydrogen-bond acceptors (Lipinski definition) is 2. The maximum Gasteiger partial charge on any atom is 0.0406 e. The summed E-state index contributed by atoms with van der Waals surface area (Å²) in [4.78, 5) is 4.28. The lowest BCUT2D eigenvalue weighted by atomic mass is 9.99. The Morgan fingerprint density at radius 3 is 2.58 bits per heavy atom. The van der Waals surface area contributed by atoms with Crippen LogP contribution >= 0.6 is 11.6 Å². The van der Waals surface area contributed by atoms with Crippen molar-refractivity contribution < 1.29 is 0 Å². The molecule has 1 atom stereocenters. The second kappa shape index (κ2) is 6.69. The van der Waals surface area contributed by atoms with Gasteiger partial charge in [0.05, 0.1) is 0 Å². The van der Waals surface area contributed by atoms with Crippen LogP contribution < -0.4 is 5.32 Å². The van der Waals surface area contributed by atoms with Crippen LogP contribution in [0.5, 0.6) is 0 Å². The quantitative estimate of drug-likeness (QED) is 0.893. The number of benzene rings is 1. The number of likely N-dealkylation sites (N-methyl/N-ethyl adjacent to an activating group) is 1. The number of nitrogens with zero attached hydrogens (tertiary/aromatic N) is 1. The van der Waals surface area contributed by atoms with Gasteiger partial charge in [-0.25, -0.2) is 0 Å². The van der Waals surface area contributed by atoms with Gasteiger partial charge in [-0.2, -0.15) is 0 Å². The number of nitrogens with one attached hydrogen (secondary N) is 1. The van der Waals surface area contributed by atoms with E-state index in [1.807, 2.05) is 24.5 Å². The van der Waals surface area contributed by atoms with Crippen LogP contribution in [0.4, 0.5) is 0 Å². The molecule has 19 heavy (non-hydrogen) atoms. The Labute approximate surface area is 119 Å². The summed E-state index contributed by atoms with van der Waals surface area (Å²) in [6.07, 6.45) is 4.77. The van der Waals surface area contributed by atoms with E-state index in [9.17, 15) is 0 Å². The molecule has 0 spiro atoms. The predicted molar refractivity (Wildman–Crippen MR) is 80.5 cm³/mol. The van der Waals surface area contributed by atoms with Gasteiger partial charge in [0.15, 0.2) is 0 Å². The predicted octanol–water partition coefficient (Wildman–Crippen LogP) is 3.94. The SMILES string of the molecule is CCNC(Cc1ccc(Cl)cc1)c1cncc(C)c1. The molecule has 1 heterocycles. The van der Waals surface area contributed by atoms with Gasteiger partial charge >= 0.3 is 0 Å². The summed E-state index contributed by atoms with van der Waals surface area (Å²) in [5.74, 6) is 0. The van der Waals surface area contributed by atoms with E-state index in [0.717, 1.165) is 18.0 Å². The van der Waals surface area contributed by atoms with Crippen molar-refractivity contribution in [3.63, 3.8) is 0 Å². The summed E-state index contributed by atoms with van der Waals surface area (Å²) in [5.41, 5.74) is 3.70. The first-order valence-corrected chi connectivity index (χ1v) is 6.96. The van der Waals surface area contributed by atoms with Crippen molar-refractivity contribution >= 4 is 11.6 Å². The van der Waals surface area contributed by atoms with Gasteiger partial charge in [-0.05, 0) is 48.7 Å². The molecule has 0 bridgehead atoms. The topological polar surface area (TPSA) is 24.9 Å². The van der Waals surface area contributed by atoms with Gasteiger partial charge in [-0.3, -0.25) is 4.98 Å². The summed E-state index contributed by atoms with van der Waals surface area (Å²) in [5, 5.41) is 4.29. The van der Waals surface area contributed by atoms with Crippen molar-refractivity contribution in [3.05, 3.63) is 64.4 Å². The van der Waals surface area contributed by atoms with Gasteiger partial charge < -0.3 is 5.32 Å². The third-order valence-corrected chi connectivity index (χ3v) is 3.35. The van der Waals surface area contributed by atoms with E-state index in [1.54, 1.807) is 0 Å². The second-order valence-corrected chi connectivity index (χ2v) is 5.17. The molecular weight excluding hydrogens is 256 g/mol. The van der Waals surface area contributed by atoms with Crippen molar-refractivity contribution in [2.45, 2.75) is 26.3 Å². The zero-order valence-electron chi connectivity index (χ0n) is 11.4. The molecule has 0 aliphatic carbocycles. The fourth-order valence-electron chi connectivity index (χ4n) is 2.18. The highest BCUT2D eigenvalue weighted by Crippen LogP contribution is 2.20. The monoisotopic (exact) mass is 274 g/mol. The van der Waals surface area contributed by atoms with Crippen LogP contribution in [-0.2, 0) is 6.42 Å². The fraction of sp³-hybridized carbons (Fsp3) is 0.312. The molecule has 1 N–H and O–H groups in total. The van der Waals surface area contributed by atoms with E-state index in [0.29, 0.717) is 6.04 Å². The van der Waals surface area contributed by atoms with E-state index >= 15 is 0 Å². The van der Waals surface area contributed by atoms with Crippen LogP contribution in [0.2, 0.25) is 5.02 Å². The van der Waals surface area contributed by atoms with E-state index in [4.69, 9.17) is 11.6 Å². The summed E-state index contributed by atoms with van der Waals surface area (Å²) < 4.78 is 0. The Kier molecular flexibility index (Phi) is 4.94. The van der Waals surface area contributed by atoms with Gasteiger partial charge in [0.25, 0.3) is 0 Å². The molecular formula is C16H19ClN2. The first kappa shape index (κ1) is 14.0. The summed E-state index contributed by atoms with van der Waals surface area (Å²) in [6.45, 7) is 5.13. The molecule has 100 valence electrons. The average Bonchev–Trinajstić information content (AvgIpc) is 2.41. The maximum atomic E-state index is 5.92. The number of pyridine rings is 1. The van der Waals surface area contributed by atoms with Gasteiger partial charge in [0.1, 0.15) is 0 Å². The lowest BCUT2D eigenvalue weighted by Gasteiger charge is -2.18. The Balaban J connectivity index is 2.18. The highest BCUT2D eigenvalue weighted by Gasteiger charge is 2.11. The molecule has 2 nitrogen and oxygen atoms in total. The van der Waals surface area contributed by atoms with Crippen LogP contribution in [0.25, 0.3) is 0 Å². The van der Waals surface area contributed by atoms with Crippen molar-refractivity contribution in [1.29, 1.82) is 0 Å². The molecule has 0 amide bonds. The molecule has 0 fully saturated rings. The highest BCUT2D eigenvalue weighted by molar-refractivity contribution is 6.30. The zero-order valence-corrected chi connectivity index (χ0v) is 12.1. The molecule has 1 aromatic carbocycles. The van der Waals surface area contributed by atoms with Gasteiger partial charge in [0, 0.05) is 23.5 Å². The molecule has 2 rings (SSSR count). The molecule has 2 aromatic rings. The van der Waals surface area contributed by atoms with E-state index < -0.39 is 0 Å². The maximum absolute atomic E-state index is 5.92. The molecule has 0 aliphatic rings. The summed E-state index contributed by atoms with van der Waals surface area (Å²) in [6, 6.07) is 10.5. The molecule has 0 saturated carbocycles. The van der Waals surface area contributed by atoms with Crippen molar-refractivity contribution in [2.24, 2.45) is 0 Å². The molecule has 0 saturated heterocycles. The van der Waals surface area contributed by atoms with E-state index in [2.05, 4.69) is 42.3 Å². The third kappa shape index (κ3) is 4.05. The number of rotatable bonds is 5. The smallest absolute Gasteiger partial charge is 0.0406 e. The Morgan fingerprint density at radius 1 is 1.21 bits per heavy atom. The fourth-order valence-corrected chi connectivity index (χ4v) is 2.31. The van der Waals surface area contributed by atoms with E-state index in [-0.39, 0.29) is 0 Å². The Bertz CT molecular complexity index is 523. The molecule has 1 unspecified atom stereocenters. The minimum Gasteiger partial charge on any atom is -0.310 e. The van der Waals surface area contributed by atoms with Crippen molar-refractivity contribution in [3.8, 4) is 0 Å². The van der Waals surface area contributed by atoms with Gasteiger partial charge in [-0.15, -0.1) is 0 Å². The minimum absolute atomic E-state index is 0.290. The number of halogens is 1. The molecule has 0 radical (unpaired) electrons. The van der Waals surface area contributed by atoms with Crippen LogP contribution in [-0.4, -0.2) is 11.5 Å². The summed E-state index contributed by atoms with van der Waals surface area (Å²) in [7, 11) is 0. The van der Waals surface area contributed by atoms with Crippen molar-refractivity contribution in [2.75, 3.05) is 6.54 Å². The van der Waals surface area contributed by atoms with Crippen LogP contribution in [0, 0.1) is 6.92 Å². The van der Waals surface area contributed by atoms with E-state index in [1.165, 1.54) is 16.7 Å². The molecule has 3 heteroatoms. The first-order chi connectivity index (χ1) is 9.19. The largest absolute Gasteiger partial charge is 0.310 e. The lowest BCUT2D eigenvalue weighted by Crippen LogP contribution is -2.23. The van der Waals surface area contributed by atoms with Gasteiger partial charge in [-0.1, -0.05) is 36.7 Å². The lowest BCUT2D eigenvalue weighted by molar-refractivity contribution is 0.548. The number of aromatic nitrogens is 1. The highest BCUT2D eigenvalue weighted by atomic mass is 35.5. The minimum atomic E-state index is 0.290. The first-order valence-electron chi connectivity index (χ1n) is 6.58. The second-order valence-electron chi connectivity index (χ2n) is 4.74. The Morgan fingerprint density at radius 2 is 1.95 bits per heavy atom. The third-order valence-electron chi connectivity index (χ3n) is 3.10. The van der Waals surface area contributed by atoms with Gasteiger partial charge in [0.2, 0.25) is 0 Å². The van der Waals surface area contributed by atoms with Crippen LogP contribution in [0.3, 0.4) is 0 Å². The standard InChI is InChI=1S/C16H19ClN2/c1-3-19-16(14-8-12(2)10-18-11-14)9-13-4-6-15(17)7-5-13/h4-8,10-11,16,19H,3,9H2,1-2H3. The molecule has 0 aliphatic heterocycles. The van der Waals surface area contributed by atoms with Crippen LogP contribution in [0.15, 0.2) is 42.7 Å². The number of hydrogen-bond donors (Lipinski definition) is 1.